The first-order valence-corrected chi connectivity index (χ1v) is 10.2. The number of hydrazine groups is 1. The Labute approximate surface area is 185 Å². The molecule has 0 saturated carbocycles. The molecule has 0 aliphatic carbocycles. The number of hydrogen-bond acceptors (Lipinski definition) is 6. The van der Waals surface area contributed by atoms with Crippen molar-refractivity contribution >= 4 is 29.4 Å². The zero-order valence-electron chi connectivity index (χ0n) is 17.9. The number of nitrogens with zero attached hydrogens (tertiary/aromatic N) is 1. The van der Waals surface area contributed by atoms with Crippen LogP contribution >= 0.6 is 0 Å². The molecule has 2 aromatic carbocycles. The third-order valence-electron chi connectivity index (χ3n) is 4.89. The van der Waals surface area contributed by atoms with Crippen LogP contribution in [0.1, 0.15) is 29.3 Å². The van der Waals surface area contributed by atoms with Crippen molar-refractivity contribution in [3.8, 4) is 5.75 Å². The number of carbonyl (C=O) groups is 4. The van der Waals surface area contributed by atoms with Gasteiger partial charge in [-0.1, -0.05) is 30.3 Å². The van der Waals surface area contributed by atoms with Crippen LogP contribution in [0.15, 0.2) is 48.5 Å². The number of rotatable bonds is 8. The van der Waals surface area contributed by atoms with Crippen molar-refractivity contribution < 1.29 is 28.7 Å². The number of esters is 1. The second-order valence-corrected chi connectivity index (χ2v) is 7.25. The molecule has 0 unspecified atom stereocenters. The summed E-state index contributed by atoms with van der Waals surface area (Å²) in [6.07, 6.45) is -0.109. The van der Waals surface area contributed by atoms with Gasteiger partial charge >= 0.3 is 5.97 Å². The van der Waals surface area contributed by atoms with Gasteiger partial charge in [0.25, 0.3) is 11.8 Å². The Bertz CT molecular complexity index is 1020. The fourth-order valence-electron chi connectivity index (χ4n) is 3.28. The molecule has 1 fully saturated rings. The third kappa shape index (κ3) is 5.63. The molecular formula is C23H25N3O6. The molecule has 1 aliphatic heterocycles. The van der Waals surface area contributed by atoms with Gasteiger partial charge in [0.15, 0.2) is 6.61 Å². The molecule has 1 aliphatic rings. The summed E-state index contributed by atoms with van der Waals surface area (Å²) in [5.74, 6) is -2.31. The number of anilines is 1. The molecule has 1 atom stereocenters. The van der Waals surface area contributed by atoms with Crippen molar-refractivity contribution in [1.82, 2.24) is 10.4 Å². The average Bonchev–Trinajstić information content (AvgIpc) is 3.14. The lowest BCUT2D eigenvalue weighted by Crippen LogP contribution is -2.43. The Morgan fingerprint density at radius 1 is 1.09 bits per heavy atom. The summed E-state index contributed by atoms with van der Waals surface area (Å²) in [5, 5.41) is 3.74. The molecule has 9 heteroatoms. The highest BCUT2D eigenvalue weighted by molar-refractivity contribution is 5.98. The van der Waals surface area contributed by atoms with Crippen molar-refractivity contribution in [3.63, 3.8) is 0 Å². The highest BCUT2D eigenvalue weighted by atomic mass is 16.5. The Balaban J connectivity index is 1.50. The summed E-state index contributed by atoms with van der Waals surface area (Å²) in [6.45, 7) is 3.53. The smallest absolute Gasteiger partial charge is 0.311 e. The van der Waals surface area contributed by atoms with Crippen LogP contribution in [0.5, 0.6) is 5.75 Å². The Hall–Kier alpha value is -3.88. The lowest BCUT2D eigenvalue weighted by molar-refractivity contribution is -0.151. The van der Waals surface area contributed by atoms with E-state index in [1.54, 1.807) is 49.4 Å². The van der Waals surface area contributed by atoms with E-state index < -0.39 is 36.2 Å². The highest BCUT2D eigenvalue weighted by Gasteiger charge is 2.36. The molecule has 2 N–H and O–H groups in total. The molecule has 0 spiro atoms. The first-order chi connectivity index (χ1) is 15.4. The number of carbonyl (C=O) groups excluding carboxylic acids is 4. The van der Waals surface area contributed by atoms with Crippen LogP contribution in [0.25, 0.3) is 0 Å². The van der Waals surface area contributed by atoms with Crippen molar-refractivity contribution in [2.45, 2.75) is 20.3 Å². The Morgan fingerprint density at radius 3 is 2.56 bits per heavy atom. The molecule has 168 valence electrons. The number of nitrogens with one attached hydrogen (secondary N) is 2. The minimum absolute atomic E-state index is 0.0237. The summed E-state index contributed by atoms with van der Waals surface area (Å²) >= 11 is 0. The molecule has 1 saturated heterocycles. The van der Waals surface area contributed by atoms with Gasteiger partial charge in [0, 0.05) is 12.0 Å². The maximum Gasteiger partial charge on any atom is 0.311 e. The van der Waals surface area contributed by atoms with Gasteiger partial charge < -0.3 is 14.8 Å². The number of para-hydroxylation sites is 2. The van der Waals surface area contributed by atoms with Gasteiger partial charge in [0.05, 0.1) is 24.8 Å². The van der Waals surface area contributed by atoms with Gasteiger partial charge in [0.1, 0.15) is 5.75 Å². The van der Waals surface area contributed by atoms with E-state index in [4.69, 9.17) is 9.47 Å². The van der Waals surface area contributed by atoms with Crippen molar-refractivity contribution in [2.75, 3.05) is 25.1 Å². The zero-order valence-corrected chi connectivity index (χ0v) is 17.9. The number of ether oxygens (including phenoxy) is 2. The van der Waals surface area contributed by atoms with E-state index in [9.17, 15) is 19.2 Å². The van der Waals surface area contributed by atoms with Gasteiger partial charge in [0.2, 0.25) is 5.91 Å². The lowest BCUT2D eigenvalue weighted by atomic mass is 10.1. The first kappa shape index (κ1) is 22.8. The van der Waals surface area contributed by atoms with E-state index in [2.05, 4.69) is 10.7 Å². The van der Waals surface area contributed by atoms with Crippen LogP contribution in [-0.4, -0.2) is 48.5 Å². The van der Waals surface area contributed by atoms with Gasteiger partial charge in [-0.2, -0.15) is 0 Å². The van der Waals surface area contributed by atoms with Crippen LogP contribution in [0.3, 0.4) is 0 Å². The minimum atomic E-state index is -0.775. The predicted molar refractivity (Wildman–Crippen MR) is 116 cm³/mol. The van der Waals surface area contributed by atoms with Gasteiger partial charge in [-0.25, -0.2) is 0 Å². The highest BCUT2D eigenvalue weighted by Crippen LogP contribution is 2.23. The van der Waals surface area contributed by atoms with Gasteiger partial charge in [-0.3, -0.25) is 29.6 Å². The van der Waals surface area contributed by atoms with Crippen molar-refractivity contribution in [1.29, 1.82) is 0 Å². The average molecular weight is 439 g/mol. The number of amides is 3. The monoisotopic (exact) mass is 439 g/mol. The van der Waals surface area contributed by atoms with E-state index in [1.165, 1.54) is 0 Å². The second kappa shape index (κ2) is 10.4. The van der Waals surface area contributed by atoms with E-state index in [0.717, 1.165) is 10.6 Å². The summed E-state index contributed by atoms with van der Waals surface area (Å²) in [7, 11) is 0. The Morgan fingerprint density at radius 2 is 1.81 bits per heavy atom. The molecule has 0 radical (unpaired) electrons. The van der Waals surface area contributed by atoms with E-state index >= 15 is 0 Å². The Kier molecular flexibility index (Phi) is 7.43. The molecule has 1 heterocycles. The SMILES string of the molecule is CCOc1ccccc1NC(=O)COC(=O)[C@H]1CC(=O)N(NC(=O)c2ccccc2C)C1. The fraction of sp³-hybridized carbons (Fsp3) is 0.304. The normalized spacial score (nSPS) is 15.2. The molecule has 3 amide bonds. The molecule has 0 aromatic heterocycles. The quantitative estimate of drug-likeness (QED) is 0.609. The molecule has 9 nitrogen and oxygen atoms in total. The van der Waals surface area contributed by atoms with Gasteiger partial charge in [-0.15, -0.1) is 0 Å². The summed E-state index contributed by atoms with van der Waals surface area (Å²) < 4.78 is 10.5. The largest absolute Gasteiger partial charge is 0.492 e. The fourth-order valence-corrected chi connectivity index (χ4v) is 3.28. The van der Waals surface area contributed by atoms with E-state index in [0.29, 0.717) is 23.6 Å². The van der Waals surface area contributed by atoms with Crippen LogP contribution in [0.4, 0.5) is 5.69 Å². The van der Waals surface area contributed by atoms with Crippen LogP contribution in [0, 0.1) is 12.8 Å². The zero-order chi connectivity index (χ0) is 23.1. The van der Waals surface area contributed by atoms with Gasteiger partial charge in [-0.05, 0) is 37.6 Å². The van der Waals surface area contributed by atoms with Crippen molar-refractivity contribution in [2.24, 2.45) is 5.92 Å². The van der Waals surface area contributed by atoms with E-state index in [-0.39, 0.29) is 13.0 Å². The minimum Gasteiger partial charge on any atom is -0.492 e. The maximum absolute atomic E-state index is 12.4. The third-order valence-corrected chi connectivity index (χ3v) is 4.89. The number of aryl methyl sites for hydroxylation is 1. The molecule has 0 bridgehead atoms. The molecule has 2 aromatic rings. The van der Waals surface area contributed by atoms with Crippen LogP contribution in [-0.2, 0) is 19.1 Å². The maximum atomic E-state index is 12.4. The summed E-state index contributed by atoms with van der Waals surface area (Å²) in [4.78, 5) is 49.2. The number of benzene rings is 2. The van der Waals surface area contributed by atoms with Crippen LogP contribution in [0.2, 0.25) is 0 Å². The topological polar surface area (TPSA) is 114 Å². The number of hydrogen-bond donors (Lipinski definition) is 2. The summed E-state index contributed by atoms with van der Waals surface area (Å²) in [6, 6.07) is 13.9. The second-order valence-electron chi connectivity index (χ2n) is 7.25. The standard InChI is InChI=1S/C23H25N3O6/c1-3-31-19-11-7-6-10-18(19)24-20(27)14-32-23(30)16-12-21(28)26(13-16)25-22(29)17-9-5-4-8-15(17)2/h4-11,16H,3,12-14H2,1-2H3,(H,24,27)(H,25,29)/t16-/m0/s1. The summed E-state index contributed by atoms with van der Waals surface area (Å²) in [5.41, 5.74) is 4.21. The van der Waals surface area contributed by atoms with Crippen LogP contribution < -0.4 is 15.5 Å². The molecule has 32 heavy (non-hydrogen) atoms. The molecular weight excluding hydrogens is 414 g/mol. The lowest BCUT2D eigenvalue weighted by Gasteiger charge is -2.18. The predicted octanol–water partition coefficient (Wildman–Crippen LogP) is 2.07. The van der Waals surface area contributed by atoms with Crippen molar-refractivity contribution in [3.05, 3.63) is 59.7 Å². The molecule has 3 rings (SSSR count). The first-order valence-electron chi connectivity index (χ1n) is 10.2. The van der Waals surface area contributed by atoms with E-state index in [1.807, 2.05) is 13.0 Å².